The molecule has 0 aliphatic carbocycles. The fraction of sp³-hybridized carbons (Fsp3) is 0.160. The molecule has 0 aliphatic heterocycles. The molecule has 8 aromatic carbocycles. The Labute approximate surface area is 300 Å². The number of nitrogens with zero attached hydrogens (tertiary/aromatic N) is 1. The third kappa shape index (κ3) is 5.06. The van der Waals surface area contributed by atoms with Gasteiger partial charge in [-0.15, -0.1) is 0 Å². The first-order valence-corrected chi connectivity index (χ1v) is 18.2. The molecule has 0 atom stereocenters. The van der Waals surface area contributed by atoms with Gasteiger partial charge in [-0.25, -0.2) is 0 Å². The molecule has 9 rings (SSSR count). The minimum atomic E-state index is -0.000522. The highest BCUT2D eigenvalue weighted by molar-refractivity contribution is 6.23. The Morgan fingerprint density at radius 3 is 1.41 bits per heavy atom. The van der Waals surface area contributed by atoms with Gasteiger partial charge < -0.3 is 4.57 Å². The van der Waals surface area contributed by atoms with Crippen molar-refractivity contribution < 1.29 is 0 Å². The SMILES string of the molecule is CC(C)(C)c1ccc2c(-c3c4ccccc4c(-c4cccc(-n5c6ccccc6c6ccccc65)c4)c4ccccc34)cc(C(C)(C)C)cc2c1. The standard InChI is InChI=1S/C50H43N/c1-49(2,3)34-26-27-37-33(28-34)29-35(50(4,5)6)31-44(37)48-42-22-9-7-20-40(42)47(41-21-8-10-23-43(41)48)32-16-15-17-36(30-32)51-45-24-13-11-18-38(45)39-19-12-14-25-46(39)51/h7-31H,1-6H3. The van der Waals surface area contributed by atoms with Gasteiger partial charge in [0.25, 0.3) is 0 Å². The van der Waals surface area contributed by atoms with E-state index in [1.807, 2.05) is 0 Å². The molecule has 1 nitrogen and oxygen atoms in total. The summed E-state index contributed by atoms with van der Waals surface area (Å²) in [6.45, 7) is 13.9. The van der Waals surface area contributed by atoms with E-state index in [4.69, 9.17) is 0 Å². The van der Waals surface area contributed by atoms with Crippen LogP contribution >= 0.6 is 0 Å². The maximum atomic E-state index is 2.47. The van der Waals surface area contributed by atoms with Gasteiger partial charge in [0.1, 0.15) is 0 Å². The summed E-state index contributed by atoms with van der Waals surface area (Å²) < 4.78 is 2.42. The molecule has 1 heterocycles. The summed E-state index contributed by atoms with van der Waals surface area (Å²) in [5.74, 6) is 0. The van der Waals surface area contributed by atoms with E-state index in [9.17, 15) is 0 Å². The monoisotopic (exact) mass is 657 g/mol. The minimum absolute atomic E-state index is 0.000522. The van der Waals surface area contributed by atoms with Crippen LogP contribution in [0, 0.1) is 0 Å². The molecule has 0 saturated carbocycles. The van der Waals surface area contributed by atoms with Gasteiger partial charge in [-0.1, -0.05) is 163 Å². The number of benzene rings is 8. The molecule has 1 aromatic heterocycles. The molecule has 9 aromatic rings. The van der Waals surface area contributed by atoms with Crippen molar-refractivity contribution in [3.8, 4) is 27.9 Å². The van der Waals surface area contributed by atoms with E-state index in [1.54, 1.807) is 0 Å². The summed E-state index contributed by atoms with van der Waals surface area (Å²) in [7, 11) is 0. The number of aromatic nitrogens is 1. The highest BCUT2D eigenvalue weighted by atomic mass is 15.0. The molecule has 0 radical (unpaired) electrons. The molecule has 0 bridgehead atoms. The summed E-state index contributed by atoms with van der Waals surface area (Å²) in [5, 5.41) is 10.3. The van der Waals surface area contributed by atoms with Crippen molar-refractivity contribution in [2.45, 2.75) is 52.4 Å². The molecule has 0 unspecified atom stereocenters. The van der Waals surface area contributed by atoms with Gasteiger partial charge in [-0.3, -0.25) is 0 Å². The normalized spacial score (nSPS) is 12.5. The molecule has 0 amide bonds. The summed E-state index contributed by atoms with van der Waals surface area (Å²) in [6, 6.07) is 56.8. The second-order valence-corrected chi connectivity index (χ2v) is 16.2. The Morgan fingerprint density at radius 2 is 0.863 bits per heavy atom. The van der Waals surface area contributed by atoms with E-state index < -0.39 is 0 Å². The summed E-state index contributed by atoms with van der Waals surface area (Å²) >= 11 is 0. The lowest BCUT2D eigenvalue weighted by atomic mass is 9.79. The highest BCUT2D eigenvalue weighted by Crippen LogP contribution is 2.47. The number of fused-ring (bicyclic) bond motifs is 6. The lowest BCUT2D eigenvalue weighted by Gasteiger charge is -2.25. The fourth-order valence-corrected chi connectivity index (χ4v) is 8.21. The lowest BCUT2D eigenvalue weighted by Crippen LogP contribution is -2.12. The molecule has 51 heavy (non-hydrogen) atoms. The molecular weight excluding hydrogens is 615 g/mol. The van der Waals surface area contributed by atoms with Crippen LogP contribution in [0.15, 0.2) is 152 Å². The Morgan fingerprint density at radius 1 is 0.373 bits per heavy atom. The van der Waals surface area contributed by atoms with Gasteiger partial charge in [0.15, 0.2) is 0 Å². The van der Waals surface area contributed by atoms with E-state index in [0.717, 1.165) is 0 Å². The number of para-hydroxylation sites is 2. The zero-order valence-electron chi connectivity index (χ0n) is 30.4. The predicted octanol–water partition coefficient (Wildman–Crippen LogP) is 14.2. The van der Waals surface area contributed by atoms with E-state index in [-0.39, 0.29) is 10.8 Å². The van der Waals surface area contributed by atoms with Crippen molar-refractivity contribution in [1.82, 2.24) is 4.57 Å². The van der Waals surface area contributed by atoms with Crippen molar-refractivity contribution in [3.63, 3.8) is 0 Å². The molecule has 248 valence electrons. The Hall–Kier alpha value is -5.66. The van der Waals surface area contributed by atoms with E-state index in [2.05, 4.69) is 198 Å². The summed E-state index contributed by atoms with van der Waals surface area (Å²) in [4.78, 5) is 0. The Bertz CT molecular complexity index is 2700. The van der Waals surface area contributed by atoms with Crippen molar-refractivity contribution in [2.75, 3.05) is 0 Å². The van der Waals surface area contributed by atoms with Crippen LogP contribution in [-0.4, -0.2) is 4.57 Å². The smallest absolute Gasteiger partial charge is 0.0541 e. The lowest BCUT2D eigenvalue weighted by molar-refractivity contribution is 0.589. The first kappa shape index (κ1) is 31.3. The van der Waals surface area contributed by atoms with Crippen LogP contribution in [0.4, 0.5) is 0 Å². The quantitative estimate of drug-likeness (QED) is 0.167. The average molecular weight is 658 g/mol. The van der Waals surface area contributed by atoms with Gasteiger partial charge in [-0.05, 0) is 107 Å². The molecule has 0 spiro atoms. The first-order chi connectivity index (χ1) is 24.6. The highest BCUT2D eigenvalue weighted by Gasteiger charge is 2.23. The van der Waals surface area contributed by atoms with Gasteiger partial charge in [0.2, 0.25) is 0 Å². The van der Waals surface area contributed by atoms with Crippen LogP contribution < -0.4 is 0 Å². The minimum Gasteiger partial charge on any atom is -0.309 e. The number of rotatable bonds is 3. The zero-order valence-corrected chi connectivity index (χ0v) is 30.4. The van der Waals surface area contributed by atoms with E-state index in [1.165, 1.54) is 93.2 Å². The molecule has 0 fully saturated rings. The van der Waals surface area contributed by atoms with E-state index >= 15 is 0 Å². The second kappa shape index (κ2) is 11.4. The fourth-order valence-electron chi connectivity index (χ4n) is 8.21. The average Bonchev–Trinajstić information content (AvgIpc) is 3.47. The maximum absolute atomic E-state index is 2.47. The van der Waals surface area contributed by atoms with Crippen LogP contribution in [0.3, 0.4) is 0 Å². The van der Waals surface area contributed by atoms with Crippen LogP contribution in [0.2, 0.25) is 0 Å². The van der Waals surface area contributed by atoms with Crippen LogP contribution in [0.5, 0.6) is 0 Å². The molecule has 1 heteroatoms. The first-order valence-electron chi connectivity index (χ1n) is 18.2. The van der Waals surface area contributed by atoms with Gasteiger partial charge >= 0.3 is 0 Å². The number of hydrogen-bond acceptors (Lipinski definition) is 0. The predicted molar refractivity (Wildman–Crippen MR) is 222 cm³/mol. The molecule has 0 aliphatic rings. The summed E-state index contributed by atoms with van der Waals surface area (Å²) in [6.07, 6.45) is 0. The van der Waals surface area contributed by atoms with Gasteiger partial charge in [0.05, 0.1) is 11.0 Å². The van der Waals surface area contributed by atoms with Crippen LogP contribution in [0.1, 0.15) is 52.7 Å². The largest absolute Gasteiger partial charge is 0.309 e. The topological polar surface area (TPSA) is 4.93 Å². The second-order valence-electron chi connectivity index (χ2n) is 16.2. The van der Waals surface area contributed by atoms with Crippen molar-refractivity contribution >= 4 is 54.1 Å². The van der Waals surface area contributed by atoms with Crippen LogP contribution in [-0.2, 0) is 10.8 Å². The zero-order chi connectivity index (χ0) is 35.1. The third-order valence-electron chi connectivity index (χ3n) is 10.9. The molecule has 0 saturated heterocycles. The van der Waals surface area contributed by atoms with E-state index in [0.29, 0.717) is 0 Å². The Balaban J connectivity index is 1.35. The summed E-state index contributed by atoms with van der Waals surface area (Å²) in [5.41, 5.74) is 11.5. The maximum Gasteiger partial charge on any atom is 0.0541 e. The molecule has 0 N–H and O–H groups in total. The van der Waals surface area contributed by atoms with Crippen molar-refractivity contribution in [1.29, 1.82) is 0 Å². The molecular formula is C50H43N. The third-order valence-corrected chi connectivity index (χ3v) is 10.9. The van der Waals surface area contributed by atoms with Crippen molar-refractivity contribution in [3.05, 3.63) is 163 Å². The number of hydrogen-bond donors (Lipinski definition) is 0. The van der Waals surface area contributed by atoms with Crippen LogP contribution in [0.25, 0.3) is 82.1 Å². The Kier molecular flexibility index (Phi) is 7.03. The van der Waals surface area contributed by atoms with Gasteiger partial charge in [-0.2, -0.15) is 0 Å². The van der Waals surface area contributed by atoms with Crippen molar-refractivity contribution in [2.24, 2.45) is 0 Å². The van der Waals surface area contributed by atoms with Gasteiger partial charge in [0, 0.05) is 16.5 Å².